The molecule has 0 aliphatic carbocycles. The third-order valence-electron chi connectivity index (χ3n) is 9.49. The van der Waals surface area contributed by atoms with E-state index in [1.54, 1.807) is 0 Å². The summed E-state index contributed by atoms with van der Waals surface area (Å²) in [5, 5.41) is 30.1. The monoisotopic (exact) mass is 655 g/mol. The largest absolute Gasteiger partial charge is 0.491 e. The van der Waals surface area contributed by atoms with Crippen molar-refractivity contribution in [2.75, 3.05) is 6.61 Å². The van der Waals surface area contributed by atoms with Gasteiger partial charge in [0.25, 0.3) is 0 Å². The molecule has 3 N–H and O–H groups in total. The zero-order chi connectivity index (χ0) is 34.6. The average Bonchev–Trinajstić information content (AvgIpc) is 3.04. The number of aryl methyl sites for hydroxylation is 2. The van der Waals surface area contributed by atoms with Crippen LogP contribution in [0.4, 0.5) is 0 Å². The molecule has 5 heteroatoms. The number of aliphatic hydroxyl groups excluding tert-OH is 1. The molecule has 0 aliphatic rings. The number of carbonyl (C=O) groups is 1. The Morgan fingerprint density at radius 2 is 1.38 bits per heavy atom. The van der Waals surface area contributed by atoms with Gasteiger partial charge in [-0.15, -0.1) is 0 Å². The summed E-state index contributed by atoms with van der Waals surface area (Å²) in [5.74, 6) is -0.218. The first-order chi connectivity index (χ1) is 21.9. The molecule has 0 spiro atoms. The van der Waals surface area contributed by atoms with E-state index in [0.717, 1.165) is 36.8 Å². The van der Waals surface area contributed by atoms with Crippen LogP contribution in [0, 0.1) is 13.8 Å². The van der Waals surface area contributed by atoms with Crippen molar-refractivity contribution in [2.24, 2.45) is 0 Å². The van der Waals surface area contributed by atoms with Gasteiger partial charge in [0.05, 0.1) is 11.7 Å². The quantitative estimate of drug-likeness (QED) is 0.117. The number of ether oxygens (including phenoxy) is 1. The van der Waals surface area contributed by atoms with E-state index in [2.05, 4.69) is 84.9 Å². The minimum Gasteiger partial charge on any atom is -0.491 e. The lowest BCUT2D eigenvalue weighted by Crippen LogP contribution is -2.26. The highest BCUT2D eigenvalue weighted by Crippen LogP contribution is 2.41. The summed E-state index contributed by atoms with van der Waals surface area (Å²) in [4.78, 5) is 10.8. The van der Waals surface area contributed by atoms with E-state index in [1.165, 1.54) is 61.6 Å². The van der Waals surface area contributed by atoms with Crippen molar-refractivity contribution in [3.05, 3.63) is 70.3 Å². The van der Waals surface area contributed by atoms with Crippen molar-refractivity contribution in [1.82, 2.24) is 0 Å². The molecular weight excluding hydrogens is 584 g/mol. The molecule has 0 aliphatic heterocycles. The number of hydrogen-bond acceptors (Lipinski definition) is 4. The second-order valence-corrected chi connectivity index (χ2v) is 13.0. The van der Waals surface area contributed by atoms with Crippen LogP contribution in [-0.2, 0) is 10.2 Å². The zero-order valence-electron chi connectivity index (χ0n) is 30.5. The summed E-state index contributed by atoms with van der Waals surface area (Å²) in [7, 11) is 0. The van der Waals surface area contributed by atoms with E-state index < -0.39 is 17.7 Å². The number of carboxylic acid groups (broad SMARTS) is 1. The molecule has 0 saturated heterocycles. The van der Waals surface area contributed by atoms with Gasteiger partial charge in [0, 0.05) is 11.8 Å². The summed E-state index contributed by atoms with van der Waals surface area (Å²) >= 11 is 0. The first-order valence-electron chi connectivity index (χ1n) is 18.1. The SMILES string of the molecule is C.CCCCC.CCCCCCCC(O)(/C=C/c1ccc(C(CC)(CC)c2ccc(OCC(O)CCC(=O)O)c(C)c2)cc1C)CC. The Hall–Kier alpha value is -2.63. The van der Waals surface area contributed by atoms with E-state index in [4.69, 9.17) is 9.84 Å². The molecule has 47 heavy (non-hydrogen) atoms. The average molecular weight is 655 g/mol. The van der Waals surface area contributed by atoms with Crippen LogP contribution in [0.3, 0.4) is 0 Å². The van der Waals surface area contributed by atoms with E-state index in [-0.39, 0.29) is 32.3 Å². The van der Waals surface area contributed by atoms with Crippen LogP contribution < -0.4 is 4.74 Å². The van der Waals surface area contributed by atoms with Crippen molar-refractivity contribution in [2.45, 2.75) is 170 Å². The normalized spacial score (nSPS) is 13.3. The number of benzene rings is 2. The van der Waals surface area contributed by atoms with Gasteiger partial charge in [-0.25, -0.2) is 0 Å². The number of rotatable bonds is 21. The van der Waals surface area contributed by atoms with Crippen LogP contribution in [0.1, 0.15) is 167 Å². The minimum atomic E-state index is -0.921. The summed E-state index contributed by atoms with van der Waals surface area (Å²) in [5.41, 5.74) is 4.90. The van der Waals surface area contributed by atoms with Crippen molar-refractivity contribution < 1.29 is 24.9 Å². The van der Waals surface area contributed by atoms with Gasteiger partial charge in [-0.2, -0.15) is 0 Å². The van der Waals surface area contributed by atoms with Gasteiger partial charge in [0.1, 0.15) is 12.4 Å². The summed E-state index contributed by atoms with van der Waals surface area (Å²) < 4.78 is 5.84. The van der Waals surface area contributed by atoms with Crippen LogP contribution in [-0.4, -0.2) is 39.6 Å². The Morgan fingerprint density at radius 3 is 1.87 bits per heavy atom. The number of unbranched alkanes of at least 4 members (excludes halogenated alkanes) is 6. The lowest BCUT2D eigenvalue weighted by molar-refractivity contribution is -0.137. The Morgan fingerprint density at radius 1 is 0.809 bits per heavy atom. The summed E-state index contributed by atoms with van der Waals surface area (Å²) in [6.07, 6.45) is 16.8. The topological polar surface area (TPSA) is 87.0 Å². The molecule has 0 aromatic heterocycles. The Bertz CT molecular complexity index is 1160. The predicted molar refractivity (Wildman–Crippen MR) is 202 cm³/mol. The zero-order valence-corrected chi connectivity index (χ0v) is 30.5. The predicted octanol–water partition coefficient (Wildman–Crippen LogP) is 11.4. The van der Waals surface area contributed by atoms with Crippen LogP contribution in [0.25, 0.3) is 6.08 Å². The van der Waals surface area contributed by atoms with Gasteiger partial charge >= 0.3 is 5.97 Å². The molecule has 2 atom stereocenters. The summed E-state index contributed by atoms with van der Waals surface area (Å²) in [6.45, 7) is 17.4. The smallest absolute Gasteiger partial charge is 0.303 e. The van der Waals surface area contributed by atoms with Crippen LogP contribution in [0.5, 0.6) is 5.75 Å². The molecule has 0 heterocycles. The molecule has 2 rings (SSSR count). The number of hydrogen-bond donors (Lipinski definition) is 3. The van der Waals surface area contributed by atoms with E-state index in [9.17, 15) is 15.0 Å². The second-order valence-electron chi connectivity index (χ2n) is 13.0. The fourth-order valence-corrected chi connectivity index (χ4v) is 6.07. The van der Waals surface area contributed by atoms with E-state index in [0.29, 0.717) is 12.2 Å². The molecule has 0 saturated carbocycles. The molecule has 5 nitrogen and oxygen atoms in total. The van der Waals surface area contributed by atoms with Gasteiger partial charge in [-0.3, -0.25) is 4.79 Å². The van der Waals surface area contributed by atoms with Crippen LogP contribution >= 0.6 is 0 Å². The first kappa shape index (κ1) is 44.4. The van der Waals surface area contributed by atoms with Gasteiger partial charge in [0.15, 0.2) is 0 Å². The Kier molecular flexibility index (Phi) is 22.3. The maximum atomic E-state index is 11.2. The third-order valence-corrected chi connectivity index (χ3v) is 9.49. The Labute approximate surface area is 288 Å². The highest BCUT2D eigenvalue weighted by Gasteiger charge is 2.31. The van der Waals surface area contributed by atoms with E-state index in [1.807, 2.05) is 19.1 Å². The standard InChI is InChI=1S/C36H54O5.C5H12.CH4/c1-7-11-12-13-14-22-35(40,8-2)23-21-29-15-16-30(24-27(29)5)36(9-3,10-4)31-17-19-33(28(6)25-31)41-26-32(37)18-20-34(38)39;1-3-5-4-2;/h15-17,19,21,23-25,32,37,40H,7-14,18,20,22,26H2,1-6H3,(H,38,39);3-5H2,1-2H3;1H4/b23-21+;;. The van der Waals surface area contributed by atoms with Gasteiger partial charge in [0.2, 0.25) is 0 Å². The van der Waals surface area contributed by atoms with E-state index >= 15 is 0 Å². The number of aliphatic hydroxyl groups is 2. The van der Waals surface area contributed by atoms with Crippen molar-refractivity contribution >= 4 is 12.0 Å². The first-order valence-corrected chi connectivity index (χ1v) is 18.1. The Balaban J connectivity index is 0.00000326. The maximum absolute atomic E-state index is 11.2. The molecular formula is C42H70O5. The molecule has 268 valence electrons. The lowest BCUT2D eigenvalue weighted by atomic mass is 9.70. The van der Waals surface area contributed by atoms with Crippen molar-refractivity contribution in [3.63, 3.8) is 0 Å². The molecule has 2 unspecified atom stereocenters. The maximum Gasteiger partial charge on any atom is 0.303 e. The van der Waals surface area contributed by atoms with Gasteiger partial charge < -0.3 is 20.1 Å². The highest BCUT2D eigenvalue weighted by atomic mass is 16.5. The fourth-order valence-electron chi connectivity index (χ4n) is 6.07. The minimum absolute atomic E-state index is 0. The second kappa shape index (κ2) is 23.7. The highest BCUT2D eigenvalue weighted by molar-refractivity contribution is 5.66. The molecule has 0 amide bonds. The van der Waals surface area contributed by atoms with Crippen molar-refractivity contribution in [1.29, 1.82) is 0 Å². The van der Waals surface area contributed by atoms with Crippen LogP contribution in [0.2, 0.25) is 0 Å². The van der Waals surface area contributed by atoms with Gasteiger partial charge in [-0.1, -0.05) is 143 Å². The molecule has 0 fully saturated rings. The third kappa shape index (κ3) is 15.0. The number of aliphatic carboxylic acids is 1. The summed E-state index contributed by atoms with van der Waals surface area (Å²) in [6, 6.07) is 13.0. The molecule has 2 aromatic carbocycles. The van der Waals surface area contributed by atoms with Crippen molar-refractivity contribution in [3.8, 4) is 5.75 Å². The molecule has 0 radical (unpaired) electrons. The molecule has 0 bridgehead atoms. The van der Waals surface area contributed by atoms with Crippen LogP contribution in [0.15, 0.2) is 42.5 Å². The molecule has 2 aromatic rings. The number of carboxylic acids is 1. The van der Waals surface area contributed by atoms with Gasteiger partial charge in [-0.05, 0) is 79.8 Å². The fraction of sp³-hybridized carbons (Fsp3) is 0.643. The lowest BCUT2D eigenvalue weighted by Gasteiger charge is -2.34.